The first kappa shape index (κ1) is 25.2. The Kier molecular flexibility index (Phi) is 6.52. The summed E-state index contributed by atoms with van der Waals surface area (Å²) in [5.74, 6) is -2.21. The summed E-state index contributed by atoms with van der Waals surface area (Å²) in [5.41, 5.74) is 3.89. The van der Waals surface area contributed by atoms with E-state index in [4.69, 9.17) is 10.5 Å². The van der Waals surface area contributed by atoms with Gasteiger partial charge in [0.15, 0.2) is 0 Å². The van der Waals surface area contributed by atoms with Crippen molar-refractivity contribution < 1.29 is 41.0 Å². The van der Waals surface area contributed by atoms with Gasteiger partial charge < -0.3 is 15.6 Å². The highest BCUT2D eigenvalue weighted by atomic mass is 19.4. The van der Waals surface area contributed by atoms with E-state index >= 15 is 0 Å². The molecule has 0 saturated carbocycles. The molecule has 0 bridgehead atoms. The van der Waals surface area contributed by atoms with Crippen molar-refractivity contribution in [3.63, 3.8) is 0 Å². The molecule has 1 fully saturated rings. The van der Waals surface area contributed by atoms with Crippen molar-refractivity contribution in [2.75, 3.05) is 5.73 Å². The number of hydrogen-bond acceptors (Lipinski definition) is 6. The van der Waals surface area contributed by atoms with Crippen LogP contribution in [0, 0.1) is 0 Å². The number of nitrogens with two attached hydrogens (primary N) is 1. The maximum Gasteiger partial charge on any atom is 0.450 e. The lowest BCUT2D eigenvalue weighted by Crippen LogP contribution is -2.31. The second-order valence-corrected chi connectivity index (χ2v) is 8.01. The summed E-state index contributed by atoms with van der Waals surface area (Å²) in [5, 5.41) is 9.79. The number of anilines is 1. The first-order valence-corrected chi connectivity index (χ1v) is 10.5. The SMILES string of the molecule is Nc1cc(-c2nc(C(F)(F)F)n(C=CC3CC(O)CC(=O)O3)c2-c2cccc(C(F)(F)F)c2)ccn1. The van der Waals surface area contributed by atoms with Crippen molar-refractivity contribution in [2.24, 2.45) is 0 Å². The molecule has 2 aromatic heterocycles. The molecule has 36 heavy (non-hydrogen) atoms. The number of aromatic nitrogens is 3. The Balaban J connectivity index is 1.96. The molecule has 1 aliphatic rings. The van der Waals surface area contributed by atoms with Crippen LogP contribution < -0.4 is 5.73 Å². The molecule has 13 heteroatoms. The Bertz CT molecular complexity index is 1320. The summed E-state index contributed by atoms with van der Waals surface area (Å²) in [6.07, 6.45) is -8.95. The molecule has 190 valence electrons. The van der Waals surface area contributed by atoms with Gasteiger partial charge in [0.05, 0.1) is 29.5 Å². The normalized spacial score (nSPS) is 19.0. The Morgan fingerprint density at radius 2 is 1.83 bits per heavy atom. The molecule has 1 saturated heterocycles. The van der Waals surface area contributed by atoms with Crippen LogP contribution >= 0.6 is 0 Å². The minimum Gasteiger partial charge on any atom is -0.458 e. The van der Waals surface area contributed by atoms with Crippen LogP contribution in [-0.4, -0.2) is 37.8 Å². The standard InChI is InChI=1S/C23H18F6N4O3/c24-22(25,26)14-3-1-2-13(8-14)20-19(12-4-6-31-17(30)9-12)32-21(23(27,28)29)33(20)7-5-16-10-15(34)11-18(35)36-16/h1-9,15-16,34H,10-11H2,(H2,30,31). The van der Waals surface area contributed by atoms with Gasteiger partial charge in [0.25, 0.3) is 0 Å². The number of halogens is 6. The molecular formula is C23H18F6N4O3. The fraction of sp³-hybridized carbons (Fsp3) is 0.261. The van der Waals surface area contributed by atoms with Gasteiger partial charge in [-0.1, -0.05) is 12.1 Å². The summed E-state index contributed by atoms with van der Waals surface area (Å²) >= 11 is 0. The maximum absolute atomic E-state index is 14.1. The van der Waals surface area contributed by atoms with E-state index in [9.17, 15) is 36.2 Å². The minimum atomic E-state index is -5.01. The largest absolute Gasteiger partial charge is 0.458 e. The number of nitrogen functional groups attached to an aromatic ring is 1. The molecule has 2 atom stereocenters. The first-order valence-electron chi connectivity index (χ1n) is 10.5. The van der Waals surface area contributed by atoms with E-state index in [2.05, 4.69) is 9.97 Å². The third-order valence-electron chi connectivity index (χ3n) is 5.32. The van der Waals surface area contributed by atoms with E-state index in [-0.39, 0.29) is 41.2 Å². The Morgan fingerprint density at radius 1 is 1.08 bits per heavy atom. The number of carbonyl (C=O) groups excluding carboxylic acids is 1. The summed E-state index contributed by atoms with van der Waals surface area (Å²) in [4.78, 5) is 19.1. The quantitative estimate of drug-likeness (QED) is 0.386. The molecule has 4 rings (SSSR count). The van der Waals surface area contributed by atoms with Crippen LogP contribution in [0.1, 0.15) is 24.2 Å². The highest BCUT2D eigenvalue weighted by Crippen LogP contribution is 2.41. The maximum atomic E-state index is 14.1. The summed E-state index contributed by atoms with van der Waals surface area (Å²) < 4.78 is 88.0. The van der Waals surface area contributed by atoms with Crippen LogP contribution in [-0.2, 0) is 21.9 Å². The molecule has 1 aromatic carbocycles. The number of pyridine rings is 1. The molecule has 0 spiro atoms. The van der Waals surface area contributed by atoms with Gasteiger partial charge in [0.1, 0.15) is 11.9 Å². The first-order chi connectivity index (χ1) is 16.8. The molecule has 3 heterocycles. The van der Waals surface area contributed by atoms with Crippen LogP contribution in [0.5, 0.6) is 0 Å². The molecule has 3 N–H and O–H groups in total. The van der Waals surface area contributed by atoms with E-state index in [1.165, 1.54) is 24.4 Å². The summed E-state index contributed by atoms with van der Waals surface area (Å²) in [7, 11) is 0. The number of aliphatic hydroxyl groups is 1. The molecule has 7 nitrogen and oxygen atoms in total. The van der Waals surface area contributed by atoms with Crippen molar-refractivity contribution in [1.29, 1.82) is 0 Å². The van der Waals surface area contributed by atoms with Crippen LogP contribution in [0.3, 0.4) is 0 Å². The van der Waals surface area contributed by atoms with E-state index in [0.29, 0.717) is 10.6 Å². The molecule has 2 unspecified atom stereocenters. The number of cyclic esters (lactones) is 1. The lowest BCUT2D eigenvalue weighted by molar-refractivity contribution is -0.156. The third-order valence-corrected chi connectivity index (χ3v) is 5.32. The number of rotatable bonds is 4. The predicted molar refractivity (Wildman–Crippen MR) is 116 cm³/mol. The molecular weight excluding hydrogens is 494 g/mol. The Hall–Kier alpha value is -3.87. The lowest BCUT2D eigenvalue weighted by Gasteiger charge is -2.23. The van der Waals surface area contributed by atoms with Crippen molar-refractivity contribution in [2.45, 2.75) is 37.4 Å². The van der Waals surface area contributed by atoms with Crippen LogP contribution in [0.4, 0.5) is 32.2 Å². The van der Waals surface area contributed by atoms with E-state index in [0.717, 1.165) is 24.4 Å². The van der Waals surface area contributed by atoms with Gasteiger partial charge in [-0.15, -0.1) is 0 Å². The fourth-order valence-electron chi connectivity index (χ4n) is 3.80. The number of carbonyl (C=O) groups is 1. The molecule has 0 radical (unpaired) electrons. The van der Waals surface area contributed by atoms with Gasteiger partial charge in [0.2, 0.25) is 5.82 Å². The van der Waals surface area contributed by atoms with Gasteiger partial charge in [-0.3, -0.25) is 9.36 Å². The number of aliphatic hydroxyl groups excluding tert-OH is 1. The Morgan fingerprint density at radius 3 is 2.47 bits per heavy atom. The predicted octanol–water partition coefficient (Wildman–Crippen LogP) is 4.77. The molecule has 0 amide bonds. The van der Waals surface area contributed by atoms with Crippen molar-refractivity contribution in [3.8, 4) is 22.5 Å². The average molecular weight is 512 g/mol. The highest BCUT2D eigenvalue weighted by Gasteiger charge is 2.40. The zero-order valence-electron chi connectivity index (χ0n) is 18.2. The molecule has 0 aliphatic carbocycles. The molecule has 1 aliphatic heterocycles. The van der Waals surface area contributed by atoms with Crippen LogP contribution in [0.2, 0.25) is 0 Å². The highest BCUT2D eigenvalue weighted by molar-refractivity contribution is 5.82. The Labute approximate surface area is 199 Å². The van der Waals surface area contributed by atoms with Crippen LogP contribution in [0.25, 0.3) is 28.7 Å². The molecule has 3 aromatic rings. The number of hydrogen-bond donors (Lipinski definition) is 2. The summed E-state index contributed by atoms with van der Waals surface area (Å²) in [6.45, 7) is 0. The van der Waals surface area contributed by atoms with Crippen molar-refractivity contribution in [3.05, 3.63) is 60.1 Å². The number of ether oxygens (including phenoxy) is 1. The topological polar surface area (TPSA) is 103 Å². The zero-order chi connectivity index (χ0) is 26.3. The van der Waals surface area contributed by atoms with Gasteiger partial charge in [0, 0.05) is 29.9 Å². The number of alkyl halides is 6. The second kappa shape index (κ2) is 9.30. The number of nitrogens with zero attached hydrogens (tertiary/aromatic N) is 3. The van der Waals surface area contributed by atoms with E-state index in [1.54, 1.807) is 0 Å². The lowest BCUT2D eigenvalue weighted by atomic mass is 10.0. The van der Waals surface area contributed by atoms with Gasteiger partial charge in [-0.2, -0.15) is 26.3 Å². The van der Waals surface area contributed by atoms with Crippen molar-refractivity contribution >= 4 is 18.0 Å². The van der Waals surface area contributed by atoms with E-state index in [1.807, 2.05) is 0 Å². The average Bonchev–Trinajstić information content (AvgIpc) is 3.17. The smallest absolute Gasteiger partial charge is 0.450 e. The summed E-state index contributed by atoms with van der Waals surface area (Å²) in [6, 6.07) is 6.35. The van der Waals surface area contributed by atoms with E-state index < -0.39 is 41.9 Å². The van der Waals surface area contributed by atoms with Crippen LogP contribution in [0.15, 0.2) is 48.7 Å². The second-order valence-electron chi connectivity index (χ2n) is 8.01. The fourth-order valence-corrected chi connectivity index (χ4v) is 3.80. The third kappa shape index (κ3) is 5.35. The zero-order valence-corrected chi connectivity index (χ0v) is 18.2. The van der Waals surface area contributed by atoms with Crippen molar-refractivity contribution in [1.82, 2.24) is 14.5 Å². The van der Waals surface area contributed by atoms with Gasteiger partial charge in [-0.25, -0.2) is 9.97 Å². The number of imidazole rings is 1. The minimum absolute atomic E-state index is 0.0377. The number of benzene rings is 1. The monoisotopic (exact) mass is 512 g/mol. The number of esters is 1. The van der Waals surface area contributed by atoms with Gasteiger partial charge >= 0.3 is 18.3 Å². The van der Waals surface area contributed by atoms with Gasteiger partial charge in [-0.05, 0) is 30.3 Å².